The van der Waals surface area contributed by atoms with Crippen molar-refractivity contribution in [3.05, 3.63) is 98.3 Å². The van der Waals surface area contributed by atoms with Crippen molar-refractivity contribution in [1.82, 2.24) is 4.57 Å². The molecule has 2 aromatic carbocycles. The van der Waals surface area contributed by atoms with Crippen LogP contribution < -0.4 is 10.3 Å². The summed E-state index contributed by atoms with van der Waals surface area (Å²) in [6.45, 7) is 0. The van der Waals surface area contributed by atoms with Gasteiger partial charge in [-0.1, -0.05) is 18.2 Å². The predicted octanol–water partition coefficient (Wildman–Crippen LogP) is 5.09. The van der Waals surface area contributed by atoms with Crippen LogP contribution in [0.4, 0.5) is 18.2 Å². The van der Waals surface area contributed by atoms with Gasteiger partial charge >= 0.3 is 11.4 Å². The minimum Gasteiger partial charge on any atom is -0.406 e. The number of nitrogens with zero attached hydrogens (tertiary/aromatic N) is 2. The number of pyridine rings is 1. The van der Waals surface area contributed by atoms with Crippen molar-refractivity contribution in [2.24, 2.45) is 0 Å². The van der Waals surface area contributed by atoms with Crippen LogP contribution in [0.3, 0.4) is 0 Å². The first-order valence-corrected chi connectivity index (χ1v) is 9.76. The van der Waals surface area contributed by atoms with E-state index in [1.54, 1.807) is 30.3 Å². The lowest BCUT2D eigenvalue weighted by molar-refractivity contribution is -0.380. The van der Waals surface area contributed by atoms with Gasteiger partial charge in [-0.15, -0.1) is 13.2 Å². The van der Waals surface area contributed by atoms with Gasteiger partial charge in [0, 0.05) is 17.0 Å². The molecule has 4 rings (SSSR count). The molecule has 0 bridgehead atoms. The molecule has 0 spiro atoms. The molecule has 0 aliphatic heterocycles. The van der Waals surface area contributed by atoms with E-state index < -0.39 is 33.4 Å². The fourth-order valence-electron chi connectivity index (χ4n) is 3.19. The van der Waals surface area contributed by atoms with E-state index >= 15 is 0 Å². The van der Waals surface area contributed by atoms with Gasteiger partial charge in [-0.3, -0.25) is 24.3 Å². The first-order chi connectivity index (χ1) is 15.2. The minimum atomic E-state index is -4.89. The summed E-state index contributed by atoms with van der Waals surface area (Å²) in [6, 6.07) is 15.0. The highest BCUT2D eigenvalue weighted by atomic mass is 32.1. The predicted molar refractivity (Wildman–Crippen MR) is 111 cm³/mol. The third-order valence-electron chi connectivity index (χ3n) is 4.48. The minimum absolute atomic E-state index is 0.0696. The molecule has 162 valence electrons. The summed E-state index contributed by atoms with van der Waals surface area (Å²) in [6.07, 6.45) is -4.89. The van der Waals surface area contributed by atoms with Crippen LogP contribution >= 0.6 is 11.3 Å². The SMILES string of the molecule is O=C(c1ccc(OC(F)(F)F)cc1)c1c([N+](=O)[O-])sc2c1ccc(=O)n2-c1ccccc1. The number of hydrogen-bond acceptors (Lipinski definition) is 6. The molecule has 7 nitrogen and oxygen atoms in total. The fourth-order valence-corrected chi connectivity index (χ4v) is 4.32. The molecule has 2 aromatic heterocycles. The quantitative estimate of drug-likeness (QED) is 0.235. The normalized spacial score (nSPS) is 11.5. The van der Waals surface area contributed by atoms with E-state index in [-0.39, 0.29) is 21.3 Å². The lowest BCUT2D eigenvalue weighted by Crippen LogP contribution is -2.17. The first kappa shape index (κ1) is 21.2. The molecule has 0 atom stereocenters. The highest BCUT2D eigenvalue weighted by Crippen LogP contribution is 2.39. The number of carbonyl (C=O) groups is 1. The van der Waals surface area contributed by atoms with Gasteiger partial charge in [0.1, 0.15) is 16.1 Å². The van der Waals surface area contributed by atoms with Crippen LogP contribution in [0.5, 0.6) is 5.75 Å². The molecule has 2 heterocycles. The lowest BCUT2D eigenvalue weighted by atomic mass is 10.0. The summed E-state index contributed by atoms with van der Waals surface area (Å²) >= 11 is 0.671. The maximum absolute atomic E-state index is 13.1. The van der Waals surface area contributed by atoms with Crippen molar-refractivity contribution >= 4 is 32.3 Å². The summed E-state index contributed by atoms with van der Waals surface area (Å²) in [7, 11) is 0. The average molecular weight is 460 g/mol. The standard InChI is InChI=1S/C21H11F3N2O5S/c22-21(23,24)31-14-8-6-12(7-9-14)18(28)17-15-10-11-16(27)25(13-4-2-1-3-5-13)19(15)32-20(17)26(29)30/h1-11H. The Balaban J connectivity index is 1.87. The maximum Gasteiger partial charge on any atom is 0.573 e. The van der Waals surface area contributed by atoms with E-state index in [0.717, 1.165) is 24.3 Å². The zero-order valence-corrected chi connectivity index (χ0v) is 16.6. The van der Waals surface area contributed by atoms with Gasteiger partial charge in [0.05, 0.1) is 10.6 Å². The summed E-state index contributed by atoms with van der Waals surface area (Å²) < 4.78 is 42.1. The largest absolute Gasteiger partial charge is 0.573 e. The number of nitro groups is 1. The van der Waals surface area contributed by atoms with Crippen LogP contribution in [0.1, 0.15) is 15.9 Å². The van der Waals surface area contributed by atoms with E-state index in [4.69, 9.17) is 0 Å². The van der Waals surface area contributed by atoms with Gasteiger partial charge in [-0.25, -0.2) is 0 Å². The second kappa shape index (κ2) is 7.93. The van der Waals surface area contributed by atoms with Crippen molar-refractivity contribution in [2.75, 3.05) is 0 Å². The zero-order chi connectivity index (χ0) is 23.0. The average Bonchev–Trinajstić information content (AvgIpc) is 3.13. The van der Waals surface area contributed by atoms with Gasteiger partial charge in [-0.05, 0) is 53.8 Å². The van der Waals surface area contributed by atoms with Gasteiger partial charge in [-0.2, -0.15) is 0 Å². The number of fused-ring (bicyclic) bond motifs is 1. The van der Waals surface area contributed by atoms with Crippen LogP contribution in [-0.4, -0.2) is 21.6 Å². The number of hydrogen-bond donors (Lipinski definition) is 0. The molecule has 4 aromatic rings. The zero-order valence-electron chi connectivity index (χ0n) is 15.8. The molecule has 0 radical (unpaired) electrons. The fraction of sp³-hybridized carbons (Fsp3) is 0.0476. The Hall–Kier alpha value is -3.99. The van der Waals surface area contributed by atoms with Crippen LogP contribution in [-0.2, 0) is 0 Å². The summed E-state index contributed by atoms with van der Waals surface area (Å²) in [5.41, 5.74) is -0.289. The highest BCUT2D eigenvalue weighted by Gasteiger charge is 2.32. The Kier molecular flexibility index (Phi) is 5.26. The Morgan fingerprint density at radius 2 is 1.66 bits per heavy atom. The lowest BCUT2D eigenvalue weighted by Gasteiger charge is -2.09. The third kappa shape index (κ3) is 3.97. The molecule has 11 heteroatoms. The van der Waals surface area contributed by atoms with Crippen LogP contribution in [0.15, 0.2) is 71.5 Å². The molecule has 0 N–H and O–H groups in total. The number of alkyl halides is 3. The monoisotopic (exact) mass is 460 g/mol. The second-order valence-electron chi connectivity index (χ2n) is 6.50. The van der Waals surface area contributed by atoms with E-state index in [0.29, 0.717) is 17.0 Å². The van der Waals surface area contributed by atoms with Crippen LogP contribution in [0.2, 0.25) is 0 Å². The van der Waals surface area contributed by atoms with Crippen LogP contribution in [0, 0.1) is 10.1 Å². The van der Waals surface area contributed by atoms with Crippen molar-refractivity contribution in [1.29, 1.82) is 0 Å². The Bertz CT molecular complexity index is 1390. The second-order valence-corrected chi connectivity index (χ2v) is 7.48. The highest BCUT2D eigenvalue weighted by molar-refractivity contribution is 7.22. The number of ketones is 1. The van der Waals surface area contributed by atoms with Gasteiger partial charge < -0.3 is 4.74 Å². The molecule has 0 amide bonds. The van der Waals surface area contributed by atoms with E-state index in [2.05, 4.69) is 4.74 Å². The smallest absolute Gasteiger partial charge is 0.406 e. The van der Waals surface area contributed by atoms with Gasteiger partial charge in [0.2, 0.25) is 5.78 Å². The van der Waals surface area contributed by atoms with Gasteiger partial charge in [0.25, 0.3) is 5.56 Å². The van der Waals surface area contributed by atoms with Crippen LogP contribution in [0.25, 0.3) is 15.9 Å². The number of thiophene rings is 1. The number of aromatic nitrogens is 1. The van der Waals surface area contributed by atoms with Crippen molar-refractivity contribution in [3.8, 4) is 11.4 Å². The molecule has 0 fully saturated rings. The Labute approximate surface area is 181 Å². The number of ether oxygens (including phenoxy) is 1. The molecule has 32 heavy (non-hydrogen) atoms. The van der Waals surface area contributed by atoms with Crippen molar-refractivity contribution in [2.45, 2.75) is 6.36 Å². The summed E-state index contributed by atoms with van der Waals surface area (Å²) in [4.78, 5) is 36.8. The number of para-hydroxylation sites is 1. The summed E-state index contributed by atoms with van der Waals surface area (Å²) in [5, 5.41) is 11.4. The first-order valence-electron chi connectivity index (χ1n) is 8.94. The molecule has 0 saturated heterocycles. The number of benzene rings is 2. The maximum atomic E-state index is 13.1. The molecule has 0 unspecified atom stereocenters. The number of halogens is 3. The van der Waals surface area contributed by atoms with Gasteiger partial charge in [0.15, 0.2) is 0 Å². The van der Waals surface area contributed by atoms with E-state index in [9.17, 15) is 32.9 Å². The molecule has 0 aliphatic rings. The molecule has 0 aliphatic carbocycles. The van der Waals surface area contributed by atoms with E-state index in [1.807, 2.05) is 0 Å². The van der Waals surface area contributed by atoms with Crippen molar-refractivity contribution in [3.63, 3.8) is 0 Å². The van der Waals surface area contributed by atoms with E-state index in [1.165, 1.54) is 16.7 Å². The molecule has 0 saturated carbocycles. The number of carbonyl (C=O) groups excluding carboxylic acids is 1. The van der Waals surface area contributed by atoms with Crippen molar-refractivity contribution < 1.29 is 27.6 Å². The molecular formula is C21H11F3N2O5S. The Morgan fingerprint density at radius 3 is 2.25 bits per heavy atom. The topological polar surface area (TPSA) is 91.4 Å². The Morgan fingerprint density at radius 1 is 1.00 bits per heavy atom. The summed E-state index contributed by atoms with van der Waals surface area (Å²) in [5.74, 6) is -1.29. The third-order valence-corrected chi connectivity index (χ3v) is 5.62. The molecular weight excluding hydrogens is 449 g/mol. The number of rotatable bonds is 5.